The smallest absolute Gasteiger partial charge is 0.599 e. The lowest BCUT2D eigenvalue weighted by atomic mass is 9.57. The highest BCUT2D eigenvalue weighted by atomic mass is 16.7. The van der Waals surface area contributed by atoms with Crippen LogP contribution in [0.2, 0.25) is 0 Å². The number of rotatable bonds is 9. The number of hydrogen-bond acceptors (Lipinski definition) is 8. The van der Waals surface area contributed by atoms with E-state index >= 15 is 0 Å². The van der Waals surface area contributed by atoms with Crippen molar-refractivity contribution in [3.63, 3.8) is 0 Å². The van der Waals surface area contributed by atoms with Crippen molar-refractivity contribution in [1.29, 1.82) is 0 Å². The third-order valence-corrected chi connectivity index (χ3v) is 7.77. The van der Waals surface area contributed by atoms with E-state index in [1.165, 1.54) is 13.0 Å². The minimum Gasteiger partial charge on any atom is -0.599 e. The number of carbonyl (C=O) groups is 4. The van der Waals surface area contributed by atoms with Crippen LogP contribution in [0, 0.1) is 5.92 Å². The summed E-state index contributed by atoms with van der Waals surface area (Å²) in [5, 5.41) is 15.9. The molecule has 4 rings (SSSR count). The van der Waals surface area contributed by atoms with Gasteiger partial charge in [0, 0.05) is 12.6 Å². The van der Waals surface area contributed by atoms with Crippen LogP contribution in [0.5, 0.6) is 0 Å². The summed E-state index contributed by atoms with van der Waals surface area (Å²) < 4.78 is 11.3. The van der Waals surface area contributed by atoms with E-state index < -0.39 is 54.6 Å². The van der Waals surface area contributed by atoms with Gasteiger partial charge in [0.05, 0.1) is 17.7 Å². The van der Waals surface area contributed by atoms with Gasteiger partial charge in [0.2, 0.25) is 5.91 Å². The third kappa shape index (κ3) is 5.26. The fourth-order valence-corrected chi connectivity index (χ4v) is 5.49. The molecular formula is C27H35BN4O7. The molecule has 2 aliphatic heterocycles. The molecule has 39 heavy (non-hydrogen) atoms. The van der Waals surface area contributed by atoms with Crippen LogP contribution in [-0.4, -0.2) is 82.6 Å². The Labute approximate surface area is 227 Å². The number of quaternary nitrogens is 1. The topological polar surface area (TPSA) is 144 Å². The molecule has 12 heteroatoms. The Balaban J connectivity index is 1.58. The number of nitrogens with one attached hydrogen (secondary N) is 2. The van der Waals surface area contributed by atoms with Crippen LogP contribution in [0.4, 0.5) is 0 Å². The van der Waals surface area contributed by atoms with Crippen molar-refractivity contribution in [1.82, 2.24) is 15.6 Å². The molecule has 0 saturated carbocycles. The Kier molecular flexibility index (Phi) is 7.81. The molecule has 0 radical (unpaired) electrons. The predicted molar refractivity (Wildman–Crippen MR) is 142 cm³/mol. The highest BCUT2D eigenvalue weighted by Gasteiger charge is 2.72. The molecule has 208 valence electrons. The number of aliphatic hydroxyl groups excluding tert-OH is 1. The second-order valence-corrected chi connectivity index (χ2v) is 11.0. The molecule has 6 atom stereocenters. The lowest BCUT2D eigenvalue weighted by Crippen LogP contribution is -2.73. The number of amides is 2. The number of benzene rings is 1. The normalized spacial score (nSPS) is 26.3. The summed E-state index contributed by atoms with van der Waals surface area (Å²) in [5.74, 6) is -3.24. The molecule has 1 aromatic carbocycles. The van der Waals surface area contributed by atoms with Crippen molar-refractivity contribution in [2.24, 2.45) is 5.92 Å². The third-order valence-electron chi connectivity index (χ3n) is 7.77. The van der Waals surface area contributed by atoms with Gasteiger partial charge in [0.1, 0.15) is 24.3 Å². The zero-order valence-corrected chi connectivity index (χ0v) is 22.8. The maximum atomic E-state index is 13.5. The quantitative estimate of drug-likeness (QED) is 0.404. The monoisotopic (exact) mass is 538 g/mol. The molecule has 3 heterocycles. The standard InChI is InChI=1S/C27H35BN4O7/c1-16(2)14-22(28-32(5,15-23(34)38-28)17(3)27(37)39-28)30-26(36)24(18(4)33)31-25(35)21-13-9-12-20(29-21)19-10-7-6-8-11-19/h6-13,16-18,22,24,33H,14-15H2,1-5H3,(H,30,36)(H,31,35)/t17-,18+,22-,24-,28?,32?/m0/s1. The van der Waals surface area contributed by atoms with Crippen molar-refractivity contribution in [3.8, 4) is 11.3 Å². The van der Waals surface area contributed by atoms with Gasteiger partial charge in [-0.3, -0.25) is 14.4 Å². The van der Waals surface area contributed by atoms with E-state index in [-0.39, 0.29) is 22.6 Å². The SMILES string of the molecule is CC(C)C[C@H](NC(=O)[C@@H](NC(=O)c1cccc(-c2ccccc2)n1)[C@@H](C)O)[B-]12OC(=O)C[N+]1(C)[C@@H](C)C(=O)O2. The average molecular weight is 538 g/mol. The number of aromatic nitrogens is 1. The molecular weight excluding hydrogens is 503 g/mol. The fourth-order valence-electron chi connectivity index (χ4n) is 5.49. The molecule has 2 saturated heterocycles. The second kappa shape index (κ2) is 10.8. The molecule has 0 bridgehead atoms. The van der Waals surface area contributed by atoms with Gasteiger partial charge in [-0.05, 0) is 38.3 Å². The minimum atomic E-state index is -2.63. The van der Waals surface area contributed by atoms with Gasteiger partial charge in [-0.25, -0.2) is 9.78 Å². The summed E-state index contributed by atoms with van der Waals surface area (Å²) in [7, 11) is 1.71. The number of pyridine rings is 1. The van der Waals surface area contributed by atoms with Crippen LogP contribution >= 0.6 is 0 Å². The number of hydrogen-bond donors (Lipinski definition) is 3. The number of likely N-dealkylation sites (N-methyl/N-ethyl adjacent to an activating group) is 1. The first-order chi connectivity index (χ1) is 18.4. The summed E-state index contributed by atoms with van der Waals surface area (Å²) in [4.78, 5) is 56.1. The molecule has 2 aliphatic rings. The number of carbonyl (C=O) groups excluding carboxylic acids is 4. The van der Waals surface area contributed by atoms with Gasteiger partial charge in [-0.15, -0.1) is 0 Å². The molecule has 0 aliphatic carbocycles. The van der Waals surface area contributed by atoms with Crippen LogP contribution in [0.3, 0.4) is 0 Å². The molecule has 11 nitrogen and oxygen atoms in total. The Morgan fingerprint density at radius 3 is 2.41 bits per heavy atom. The fraction of sp³-hybridized carbons (Fsp3) is 0.444. The van der Waals surface area contributed by atoms with Crippen molar-refractivity contribution in [3.05, 3.63) is 54.2 Å². The van der Waals surface area contributed by atoms with Crippen LogP contribution in [-0.2, 0) is 23.7 Å². The zero-order valence-electron chi connectivity index (χ0n) is 22.8. The number of aliphatic hydroxyl groups is 1. The Hall–Kier alpha value is -3.77. The van der Waals surface area contributed by atoms with Crippen LogP contribution in [0.1, 0.15) is 44.6 Å². The minimum absolute atomic E-state index is 0.0263. The Morgan fingerprint density at radius 1 is 1.08 bits per heavy atom. The van der Waals surface area contributed by atoms with Crippen LogP contribution < -0.4 is 10.6 Å². The van der Waals surface area contributed by atoms with Gasteiger partial charge >= 0.3 is 18.6 Å². The van der Waals surface area contributed by atoms with E-state index in [2.05, 4.69) is 15.6 Å². The van der Waals surface area contributed by atoms with Crippen molar-refractivity contribution in [2.45, 2.75) is 58.2 Å². The maximum Gasteiger partial charge on any atom is 0.605 e. The lowest BCUT2D eigenvalue weighted by molar-refractivity contribution is -0.817. The lowest BCUT2D eigenvalue weighted by Gasteiger charge is -2.47. The first-order valence-electron chi connectivity index (χ1n) is 13.1. The summed E-state index contributed by atoms with van der Waals surface area (Å²) in [6.45, 7) is 4.19. The van der Waals surface area contributed by atoms with E-state index in [1.807, 2.05) is 44.2 Å². The first-order valence-corrected chi connectivity index (χ1v) is 13.1. The van der Waals surface area contributed by atoms with Crippen LogP contribution in [0.25, 0.3) is 11.3 Å². The maximum absolute atomic E-state index is 13.5. The van der Waals surface area contributed by atoms with E-state index in [0.29, 0.717) is 12.1 Å². The molecule has 2 fully saturated rings. The highest BCUT2D eigenvalue weighted by Crippen LogP contribution is 2.41. The van der Waals surface area contributed by atoms with Gasteiger partial charge in [0.15, 0.2) is 0 Å². The Bertz CT molecular complexity index is 1270. The molecule has 2 unspecified atom stereocenters. The second-order valence-electron chi connectivity index (χ2n) is 11.0. The van der Waals surface area contributed by atoms with Crippen molar-refractivity contribution < 1.29 is 38.0 Å². The van der Waals surface area contributed by atoms with E-state index in [4.69, 9.17) is 9.31 Å². The van der Waals surface area contributed by atoms with Crippen molar-refractivity contribution >= 4 is 30.4 Å². The van der Waals surface area contributed by atoms with Gasteiger partial charge in [-0.1, -0.05) is 50.2 Å². The number of nitrogens with zero attached hydrogens (tertiary/aromatic N) is 2. The van der Waals surface area contributed by atoms with Crippen molar-refractivity contribution in [2.75, 3.05) is 13.6 Å². The summed E-state index contributed by atoms with van der Waals surface area (Å²) >= 11 is 0. The molecule has 3 N–H and O–H groups in total. The first kappa shape index (κ1) is 28.2. The molecule has 2 amide bonds. The predicted octanol–water partition coefficient (Wildman–Crippen LogP) is 1.19. The average Bonchev–Trinajstić information content (AvgIpc) is 3.25. The van der Waals surface area contributed by atoms with Gasteiger partial charge in [0.25, 0.3) is 5.91 Å². The highest BCUT2D eigenvalue weighted by molar-refractivity contribution is 6.68. The van der Waals surface area contributed by atoms with Gasteiger partial charge < -0.3 is 29.4 Å². The zero-order chi connectivity index (χ0) is 28.5. The van der Waals surface area contributed by atoms with E-state index in [9.17, 15) is 24.3 Å². The van der Waals surface area contributed by atoms with Crippen LogP contribution in [0.15, 0.2) is 48.5 Å². The largest absolute Gasteiger partial charge is 0.605 e. The molecule has 0 spiro atoms. The van der Waals surface area contributed by atoms with Gasteiger partial charge in [-0.2, -0.15) is 0 Å². The molecule has 1 aromatic heterocycles. The van der Waals surface area contributed by atoms with E-state index in [1.54, 1.807) is 26.1 Å². The Morgan fingerprint density at radius 2 is 1.77 bits per heavy atom. The number of fused-ring (bicyclic) bond motifs is 1. The summed E-state index contributed by atoms with van der Waals surface area (Å²) in [6, 6.07) is 12.3. The molecule has 2 aromatic rings. The van der Waals surface area contributed by atoms with E-state index in [0.717, 1.165) is 5.56 Å². The summed E-state index contributed by atoms with van der Waals surface area (Å²) in [6.07, 6.45) is -0.943. The summed E-state index contributed by atoms with van der Waals surface area (Å²) in [5.41, 5.74) is 1.48.